The number of nitrogens with two attached hydrogens (primary N) is 1. The highest BCUT2D eigenvalue weighted by atomic mass is 16.2. The van der Waals surface area contributed by atoms with Crippen LogP contribution in [0.15, 0.2) is 24.3 Å². The number of carbonyl (C=O) groups excluding carboxylic acids is 1. The molecule has 0 bridgehead atoms. The lowest BCUT2D eigenvalue weighted by atomic mass is 10.0. The number of aryl methyl sites for hydroxylation is 1. The van der Waals surface area contributed by atoms with E-state index in [2.05, 4.69) is 29.3 Å². The van der Waals surface area contributed by atoms with Gasteiger partial charge in [0, 0.05) is 19.1 Å². The zero-order chi connectivity index (χ0) is 13.8. The summed E-state index contributed by atoms with van der Waals surface area (Å²) >= 11 is 0. The van der Waals surface area contributed by atoms with E-state index in [-0.39, 0.29) is 18.0 Å². The third-order valence-corrected chi connectivity index (χ3v) is 3.71. The Morgan fingerprint density at radius 2 is 2.26 bits per heavy atom. The minimum Gasteiger partial charge on any atom is -0.348 e. The summed E-state index contributed by atoms with van der Waals surface area (Å²) in [6.07, 6.45) is 0.987. The van der Waals surface area contributed by atoms with Crippen LogP contribution in [0.4, 0.5) is 0 Å². The summed E-state index contributed by atoms with van der Waals surface area (Å²) in [5, 5.41) is 3.06. The molecule has 1 unspecified atom stereocenters. The normalized spacial score (nSPS) is 21.3. The first kappa shape index (κ1) is 14.0. The quantitative estimate of drug-likeness (QED) is 0.856. The van der Waals surface area contributed by atoms with Gasteiger partial charge in [-0.05, 0) is 31.4 Å². The monoisotopic (exact) mass is 261 g/mol. The van der Waals surface area contributed by atoms with Gasteiger partial charge in [0.2, 0.25) is 5.91 Å². The second-order valence-electron chi connectivity index (χ2n) is 5.43. The maximum atomic E-state index is 12.0. The minimum absolute atomic E-state index is 0.0463. The summed E-state index contributed by atoms with van der Waals surface area (Å²) in [6, 6.07) is 8.42. The summed E-state index contributed by atoms with van der Waals surface area (Å²) in [4.78, 5) is 14.1. The van der Waals surface area contributed by atoms with Gasteiger partial charge in [-0.25, -0.2) is 0 Å². The summed E-state index contributed by atoms with van der Waals surface area (Å²) in [7, 11) is 0. The predicted octanol–water partition coefficient (Wildman–Crippen LogP) is 1.21. The van der Waals surface area contributed by atoms with Crippen molar-refractivity contribution in [1.29, 1.82) is 0 Å². The highest BCUT2D eigenvalue weighted by Crippen LogP contribution is 2.16. The molecule has 0 aromatic heterocycles. The molecule has 3 N–H and O–H groups in total. The molecule has 1 aliphatic heterocycles. The Bertz CT molecular complexity index is 447. The molecule has 1 aromatic rings. The van der Waals surface area contributed by atoms with Gasteiger partial charge in [0.1, 0.15) is 0 Å². The van der Waals surface area contributed by atoms with Crippen LogP contribution in [0.25, 0.3) is 0 Å². The number of rotatable bonds is 4. The number of benzene rings is 1. The van der Waals surface area contributed by atoms with Gasteiger partial charge in [0.25, 0.3) is 0 Å². The fourth-order valence-electron chi connectivity index (χ4n) is 2.65. The molecule has 0 aliphatic carbocycles. The van der Waals surface area contributed by atoms with Crippen LogP contribution >= 0.6 is 0 Å². The first-order valence-electron chi connectivity index (χ1n) is 6.89. The van der Waals surface area contributed by atoms with Gasteiger partial charge in [0.05, 0.1) is 12.6 Å². The van der Waals surface area contributed by atoms with Crippen molar-refractivity contribution in [2.24, 2.45) is 5.73 Å². The van der Waals surface area contributed by atoms with Crippen LogP contribution in [0.1, 0.15) is 30.5 Å². The van der Waals surface area contributed by atoms with Crippen molar-refractivity contribution in [3.8, 4) is 0 Å². The third-order valence-electron chi connectivity index (χ3n) is 3.71. The van der Waals surface area contributed by atoms with E-state index in [9.17, 15) is 4.79 Å². The Hall–Kier alpha value is -1.39. The van der Waals surface area contributed by atoms with Gasteiger partial charge < -0.3 is 11.1 Å². The van der Waals surface area contributed by atoms with E-state index in [4.69, 9.17) is 5.73 Å². The van der Waals surface area contributed by atoms with Crippen LogP contribution in [-0.4, -0.2) is 36.5 Å². The molecular weight excluding hydrogens is 238 g/mol. The maximum absolute atomic E-state index is 12.0. The molecule has 0 radical (unpaired) electrons. The van der Waals surface area contributed by atoms with Gasteiger partial charge in [-0.15, -0.1) is 0 Å². The highest BCUT2D eigenvalue weighted by Gasteiger charge is 2.21. The molecule has 1 aromatic carbocycles. The second kappa shape index (κ2) is 6.17. The van der Waals surface area contributed by atoms with Gasteiger partial charge in [-0.3, -0.25) is 9.69 Å². The minimum atomic E-state index is 0.0463. The van der Waals surface area contributed by atoms with Gasteiger partial charge in [-0.2, -0.15) is 0 Å². The van der Waals surface area contributed by atoms with E-state index in [0.717, 1.165) is 19.5 Å². The molecule has 1 amide bonds. The molecule has 19 heavy (non-hydrogen) atoms. The third kappa shape index (κ3) is 3.78. The summed E-state index contributed by atoms with van der Waals surface area (Å²) < 4.78 is 0. The predicted molar refractivity (Wildman–Crippen MR) is 76.8 cm³/mol. The topological polar surface area (TPSA) is 58.4 Å². The fraction of sp³-hybridized carbons (Fsp3) is 0.533. The van der Waals surface area contributed by atoms with Crippen LogP contribution in [0.3, 0.4) is 0 Å². The lowest BCUT2D eigenvalue weighted by Crippen LogP contribution is -2.38. The van der Waals surface area contributed by atoms with E-state index in [0.29, 0.717) is 6.54 Å². The Morgan fingerprint density at radius 3 is 2.89 bits per heavy atom. The summed E-state index contributed by atoms with van der Waals surface area (Å²) in [5.41, 5.74) is 8.22. The Kier molecular flexibility index (Phi) is 4.56. The van der Waals surface area contributed by atoms with Crippen molar-refractivity contribution in [2.75, 3.05) is 19.6 Å². The molecule has 1 fully saturated rings. The number of hydrogen-bond acceptors (Lipinski definition) is 3. The van der Waals surface area contributed by atoms with Crippen molar-refractivity contribution in [3.63, 3.8) is 0 Å². The largest absolute Gasteiger partial charge is 0.348 e. The molecule has 1 aliphatic rings. The smallest absolute Gasteiger partial charge is 0.234 e. The Labute approximate surface area is 115 Å². The molecule has 0 saturated carbocycles. The number of nitrogens with one attached hydrogen (secondary N) is 1. The molecule has 2 rings (SSSR count). The van der Waals surface area contributed by atoms with Crippen LogP contribution in [0.2, 0.25) is 0 Å². The lowest BCUT2D eigenvalue weighted by molar-refractivity contribution is -0.122. The fourth-order valence-corrected chi connectivity index (χ4v) is 2.65. The molecular formula is C15H23N3O. The first-order valence-corrected chi connectivity index (χ1v) is 6.89. The van der Waals surface area contributed by atoms with Crippen molar-refractivity contribution in [2.45, 2.75) is 32.4 Å². The van der Waals surface area contributed by atoms with Crippen LogP contribution in [0, 0.1) is 6.92 Å². The van der Waals surface area contributed by atoms with Crippen LogP contribution in [0.5, 0.6) is 0 Å². The van der Waals surface area contributed by atoms with E-state index in [1.54, 1.807) is 0 Å². The number of likely N-dealkylation sites (tertiary alicyclic amines) is 1. The SMILES string of the molecule is Cc1ccccc1C(C)NC(=O)CN1CC[C@H](N)C1. The number of nitrogens with zero attached hydrogens (tertiary/aromatic N) is 1. The molecule has 1 heterocycles. The van der Waals surface area contributed by atoms with Crippen molar-refractivity contribution >= 4 is 5.91 Å². The Balaban J connectivity index is 1.87. The molecule has 4 heteroatoms. The molecule has 4 nitrogen and oxygen atoms in total. The average molecular weight is 261 g/mol. The zero-order valence-corrected chi connectivity index (χ0v) is 11.7. The van der Waals surface area contributed by atoms with Gasteiger partial charge in [-0.1, -0.05) is 24.3 Å². The van der Waals surface area contributed by atoms with E-state index >= 15 is 0 Å². The number of hydrogen-bond donors (Lipinski definition) is 2. The Morgan fingerprint density at radius 1 is 1.53 bits per heavy atom. The van der Waals surface area contributed by atoms with E-state index < -0.39 is 0 Å². The van der Waals surface area contributed by atoms with Crippen LogP contribution in [-0.2, 0) is 4.79 Å². The number of carbonyl (C=O) groups is 1. The number of amides is 1. The maximum Gasteiger partial charge on any atom is 0.234 e. The van der Waals surface area contributed by atoms with Gasteiger partial charge >= 0.3 is 0 Å². The molecule has 0 spiro atoms. The van der Waals surface area contributed by atoms with Crippen molar-refractivity contribution in [1.82, 2.24) is 10.2 Å². The van der Waals surface area contributed by atoms with E-state index in [1.807, 2.05) is 19.1 Å². The summed E-state index contributed by atoms with van der Waals surface area (Å²) in [6.45, 7) is 6.29. The van der Waals surface area contributed by atoms with Crippen molar-refractivity contribution < 1.29 is 4.79 Å². The summed E-state index contributed by atoms with van der Waals surface area (Å²) in [5.74, 6) is 0.0739. The average Bonchev–Trinajstić information content (AvgIpc) is 2.74. The lowest BCUT2D eigenvalue weighted by Gasteiger charge is -2.19. The molecule has 2 atom stereocenters. The second-order valence-corrected chi connectivity index (χ2v) is 5.43. The van der Waals surface area contributed by atoms with Crippen molar-refractivity contribution in [3.05, 3.63) is 35.4 Å². The molecule has 1 saturated heterocycles. The molecule has 104 valence electrons. The van der Waals surface area contributed by atoms with Gasteiger partial charge in [0.15, 0.2) is 0 Å². The van der Waals surface area contributed by atoms with E-state index in [1.165, 1.54) is 11.1 Å². The first-order chi connectivity index (χ1) is 9.06. The van der Waals surface area contributed by atoms with Crippen LogP contribution < -0.4 is 11.1 Å². The zero-order valence-electron chi connectivity index (χ0n) is 11.7. The highest BCUT2D eigenvalue weighted by molar-refractivity contribution is 5.78. The standard InChI is InChI=1S/C15H23N3O/c1-11-5-3-4-6-14(11)12(2)17-15(19)10-18-8-7-13(16)9-18/h3-6,12-13H,7-10,16H2,1-2H3,(H,17,19)/t12?,13-/m0/s1.